The molecule has 0 aromatic heterocycles. The molecule has 0 atom stereocenters. The highest BCUT2D eigenvalue weighted by Gasteiger charge is 1.77. The maximum absolute atomic E-state index is 9.69. The molecule has 0 saturated carbocycles. The largest absolute Gasteiger partial charge is 0.370 e. The minimum Gasteiger partial charge on any atom is -0.370 e. The van der Waals surface area contributed by atoms with E-state index in [0.717, 1.165) is 0 Å². The van der Waals surface area contributed by atoms with Crippen molar-refractivity contribution in [1.29, 1.82) is 0 Å². The number of carbonyl (C=O) groups is 2. The molecule has 10 heavy (non-hydrogen) atoms. The van der Waals surface area contributed by atoms with Crippen molar-refractivity contribution >= 4 is 11.7 Å². The van der Waals surface area contributed by atoms with Crippen molar-refractivity contribution in [3.05, 3.63) is 0 Å². The second-order valence-electron chi connectivity index (χ2n) is 1.73. The van der Waals surface area contributed by atoms with Gasteiger partial charge in [0, 0.05) is 6.42 Å². The smallest absolute Gasteiger partial charge is 0.217 e. The van der Waals surface area contributed by atoms with Crippen LogP contribution in [0.15, 0.2) is 0 Å². The molecular formula is C6H14N2O2. The fraction of sp³-hybridized carbons (Fsp3) is 0.667. The molecule has 0 spiro atoms. The molecule has 0 aromatic carbocycles. The zero-order chi connectivity index (χ0) is 8.57. The molecule has 0 aliphatic carbocycles. The van der Waals surface area contributed by atoms with Crippen LogP contribution in [0.5, 0.6) is 0 Å². The molecule has 4 heteroatoms. The Labute approximate surface area is 60.6 Å². The summed E-state index contributed by atoms with van der Waals surface area (Å²) in [5, 5.41) is 0. The van der Waals surface area contributed by atoms with Crippen molar-refractivity contribution in [3.63, 3.8) is 0 Å². The number of rotatable bonds is 2. The van der Waals surface area contributed by atoms with Gasteiger partial charge in [0.05, 0.1) is 6.54 Å². The molecule has 0 heterocycles. The van der Waals surface area contributed by atoms with E-state index in [4.69, 9.17) is 5.73 Å². The Kier molecular flexibility index (Phi) is 9.59. The van der Waals surface area contributed by atoms with Crippen molar-refractivity contribution in [1.82, 2.24) is 0 Å². The lowest BCUT2D eigenvalue weighted by Gasteiger charge is -1.73. The topological polar surface area (TPSA) is 86.2 Å². The number of primary amides is 1. The molecule has 60 valence electrons. The number of Topliss-reactive ketones (excluding diaryl/α,β-unsaturated/α-hetero) is 1. The fourth-order valence-electron chi connectivity index (χ4n) is 0. The van der Waals surface area contributed by atoms with Crippen LogP contribution in [0.25, 0.3) is 0 Å². The van der Waals surface area contributed by atoms with Gasteiger partial charge in [0.2, 0.25) is 5.91 Å². The summed E-state index contributed by atoms with van der Waals surface area (Å²) in [7, 11) is 0. The lowest BCUT2D eigenvalue weighted by atomic mass is 10.5. The number of carbonyl (C=O) groups excluding carboxylic acids is 2. The van der Waals surface area contributed by atoms with Crippen LogP contribution in [-0.2, 0) is 9.59 Å². The Morgan fingerprint density at radius 3 is 1.60 bits per heavy atom. The van der Waals surface area contributed by atoms with Crippen LogP contribution in [0, 0.1) is 0 Å². The van der Waals surface area contributed by atoms with Gasteiger partial charge in [0.25, 0.3) is 0 Å². The van der Waals surface area contributed by atoms with Crippen LogP contribution in [-0.4, -0.2) is 18.2 Å². The van der Waals surface area contributed by atoms with Crippen molar-refractivity contribution < 1.29 is 9.59 Å². The summed E-state index contributed by atoms with van der Waals surface area (Å²) in [6.07, 6.45) is 0.444. The maximum atomic E-state index is 9.69. The predicted molar refractivity (Wildman–Crippen MR) is 39.2 cm³/mol. The van der Waals surface area contributed by atoms with E-state index in [0.29, 0.717) is 6.42 Å². The minimum absolute atomic E-state index is 0.0324. The standard InChI is InChI=1S/2C3H7NO/c1-3(5)2-4;1-2-3(4)5/h2,4H2,1H3;2H2,1H3,(H2,4,5). The van der Waals surface area contributed by atoms with E-state index in [1.54, 1.807) is 6.92 Å². The first-order chi connectivity index (χ1) is 4.54. The molecule has 0 aliphatic rings. The van der Waals surface area contributed by atoms with Crippen molar-refractivity contribution in [2.75, 3.05) is 6.54 Å². The van der Waals surface area contributed by atoms with Gasteiger partial charge in [0.1, 0.15) is 5.78 Å². The summed E-state index contributed by atoms with van der Waals surface area (Å²) in [4.78, 5) is 19.3. The quantitative estimate of drug-likeness (QED) is 0.546. The Hall–Kier alpha value is -0.900. The first-order valence-corrected chi connectivity index (χ1v) is 3.02. The normalized spacial score (nSPS) is 7.50. The lowest BCUT2D eigenvalue weighted by Crippen LogP contribution is -2.07. The maximum Gasteiger partial charge on any atom is 0.217 e. The van der Waals surface area contributed by atoms with Gasteiger partial charge in [-0.3, -0.25) is 9.59 Å². The van der Waals surface area contributed by atoms with E-state index in [-0.39, 0.29) is 18.2 Å². The molecule has 4 nitrogen and oxygen atoms in total. The summed E-state index contributed by atoms with van der Waals surface area (Å²) in [5.41, 5.74) is 9.47. The molecule has 4 N–H and O–H groups in total. The summed E-state index contributed by atoms with van der Waals surface area (Å²) in [5.74, 6) is -0.213. The van der Waals surface area contributed by atoms with E-state index < -0.39 is 0 Å². The van der Waals surface area contributed by atoms with Crippen LogP contribution in [0.3, 0.4) is 0 Å². The third-order valence-electron chi connectivity index (χ3n) is 0.636. The molecule has 0 radical (unpaired) electrons. The van der Waals surface area contributed by atoms with Crippen LogP contribution < -0.4 is 11.5 Å². The third kappa shape index (κ3) is 27.5. The van der Waals surface area contributed by atoms with Gasteiger partial charge in [0.15, 0.2) is 0 Å². The van der Waals surface area contributed by atoms with E-state index >= 15 is 0 Å². The zero-order valence-electron chi connectivity index (χ0n) is 6.39. The summed E-state index contributed by atoms with van der Waals surface area (Å²) in [6.45, 7) is 3.35. The van der Waals surface area contributed by atoms with E-state index in [9.17, 15) is 9.59 Å². The summed E-state index contributed by atoms with van der Waals surface area (Å²) >= 11 is 0. The van der Waals surface area contributed by atoms with Gasteiger partial charge < -0.3 is 11.5 Å². The average molecular weight is 146 g/mol. The van der Waals surface area contributed by atoms with E-state index in [2.05, 4.69) is 5.73 Å². The molecule has 0 unspecified atom stereocenters. The van der Waals surface area contributed by atoms with E-state index in [1.807, 2.05) is 0 Å². The minimum atomic E-state index is -0.245. The molecule has 0 bridgehead atoms. The van der Waals surface area contributed by atoms with Gasteiger partial charge in [-0.15, -0.1) is 0 Å². The molecule has 0 rings (SSSR count). The Bertz CT molecular complexity index is 98.3. The number of hydrogen-bond acceptors (Lipinski definition) is 3. The number of amides is 1. The van der Waals surface area contributed by atoms with Gasteiger partial charge in [-0.25, -0.2) is 0 Å². The highest BCUT2D eigenvalue weighted by Crippen LogP contribution is 1.63. The lowest BCUT2D eigenvalue weighted by molar-refractivity contribution is -0.118. The van der Waals surface area contributed by atoms with Crippen LogP contribution >= 0.6 is 0 Å². The van der Waals surface area contributed by atoms with Crippen molar-refractivity contribution in [3.8, 4) is 0 Å². The summed E-state index contributed by atoms with van der Waals surface area (Å²) in [6, 6.07) is 0. The highest BCUT2D eigenvalue weighted by molar-refractivity contribution is 5.77. The number of hydrogen-bond donors (Lipinski definition) is 2. The third-order valence-corrected chi connectivity index (χ3v) is 0.636. The molecule has 0 aromatic rings. The van der Waals surface area contributed by atoms with Gasteiger partial charge in [-0.2, -0.15) is 0 Å². The second kappa shape index (κ2) is 8.10. The Morgan fingerprint density at radius 2 is 1.60 bits per heavy atom. The second-order valence-corrected chi connectivity index (χ2v) is 1.73. The number of ketones is 1. The van der Waals surface area contributed by atoms with E-state index in [1.165, 1.54) is 6.92 Å². The first-order valence-electron chi connectivity index (χ1n) is 3.02. The van der Waals surface area contributed by atoms with Gasteiger partial charge >= 0.3 is 0 Å². The fourth-order valence-corrected chi connectivity index (χ4v) is 0. The summed E-state index contributed by atoms with van der Waals surface area (Å²) < 4.78 is 0. The molecule has 0 aliphatic heterocycles. The first kappa shape index (κ1) is 11.8. The average Bonchev–Trinajstić information content (AvgIpc) is 1.89. The predicted octanol–water partition coefficient (Wildman–Crippen LogP) is -0.584. The van der Waals surface area contributed by atoms with Gasteiger partial charge in [-0.05, 0) is 6.92 Å². The SMILES string of the molecule is CC(=O)CN.CCC(N)=O. The van der Waals surface area contributed by atoms with Crippen LogP contribution in [0.1, 0.15) is 20.3 Å². The van der Waals surface area contributed by atoms with Crippen molar-refractivity contribution in [2.45, 2.75) is 20.3 Å². The van der Waals surface area contributed by atoms with Crippen LogP contribution in [0.4, 0.5) is 0 Å². The highest BCUT2D eigenvalue weighted by atomic mass is 16.1. The zero-order valence-corrected chi connectivity index (χ0v) is 6.39. The van der Waals surface area contributed by atoms with Gasteiger partial charge in [-0.1, -0.05) is 6.92 Å². The van der Waals surface area contributed by atoms with Crippen molar-refractivity contribution in [2.24, 2.45) is 11.5 Å². The monoisotopic (exact) mass is 146 g/mol. The molecule has 0 fully saturated rings. The molecule has 1 amide bonds. The van der Waals surface area contributed by atoms with Crippen LogP contribution in [0.2, 0.25) is 0 Å². The molecular weight excluding hydrogens is 132 g/mol. The Balaban J connectivity index is 0. The Morgan fingerprint density at radius 1 is 1.40 bits per heavy atom. The number of nitrogens with two attached hydrogens (primary N) is 2. The molecule has 0 saturated heterocycles.